The van der Waals surface area contributed by atoms with Gasteiger partial charge in [0.05, 0.1) is 5.75 Å². The topological polar surface area (TPSA) is 89.3 Å². The van der Waals surface area contributed by atoms with Crippen molar-refractivity contribution in [3.63, 3.8) is 0 Å². The van der Waals surface area contributed by atoms with Crippen LogP contribution in [0.3, 0.4) is 0 Å². The molecule has 9 heteroatoms. The lowest BCUT2D eigenvalue weighted by Gasteiger charge is -2.33. The van der Waals surface area contributed by atoms with Gasteiger partial charge in [0, 0.05) is 0 Å². The van der Waals surface area contributed by atoms with E-state index in [2.05, 4.69) is 0 Å². The summed E-state index contributed by atoms with van der Waals surface area (Å²) in [7, 11) is -4.42. The summed E-state index contributed by atoms with van der Waals surface area (Å²) in [5.74, 6) is -2.05. The molecule has 0 fully saturated rings. The Hall–Kier alpha value is -2.39. The van der Waals surface area contributed by atoms with Crippen LogP contribution in [0.2, 0.25) is 0 Å². The molecule has 0 radical (unpaired) electrons. The molecule has 3 N–H and O–H groups in total. The molecule has 2 rings (SSSR count). The number of nitrogens with one attached hydrogen (secondary N) is 1. The molecule has 0 unspecified atom stereocenters. The van der Waals surface area contributed by atoms with Crippen LogP contribution in [0.5, 0.6) is 0 Å². The predicted molar refractivity (Wildman–Crippen MR) is 95.0 cm³/mol. The summed E-state index contributed by atoms with van der Waals surface area (Å²) >= 11 is 0. The maximum absolute atomic E-state index is 13.6. The lowest BCUT2D eigenvalue weighted by atomic mass is 10.1. The Morgan fingerprint density at radius 1 is 1.04 bits per heavy atom. The number of primary amides is 1. The molecule has 0 aliphatic carbocycles. The minimum absolute atomic E-state index is 0.229. The summed E-state index contributed by atoms with van der Waals surface area (Å²) in [6.45, 7) is 0.856. The second-order valence-electron chi connectivity index (χ2n) is 6.17. The lowest BCUT2D eigenvalue weighted by Crippen LogP contribution is -2.61. The SMILES string of the molecule is C[C@](N[C@@H](c1ccccc1)C(F)(F)F)(C(N)=O)S(=O)(=O)Cc1ccccc1. The number of alkyl halides is 3. The molecule has 0 spiro atoms. The average molecular weight is 400 g/mol. The molecule has 146 valence electrons. The summed E-state index contributed by atoms with van der Waals surface area (Å²) in [5, 5.41) is 1.96. The van der Waals surface area contributed by atoms with Crippen LogP contribution in [0.25, 0.3) is 0 Å². The van der Waals surface area contributed by atoms with E-state index in [0.717, 1.165) is 6.92 Å². The van der Waals surface area contributed by atoms with Crippen molar-refractivity contribution < 1.29 is 26.4 Å². The maximum atomic E-state index is 13.6. The second kappa shape index (κ2) is 7.69. The maximum Gasteiger partial charge on any atom is 0.407 e. The Morgan fingerprint density at radius 2 is 1.52 bits per heavy atom. The fraction of sp³-hybridized carbons (Fsp3) is 0.278. The Bertz CT molecular complexity index is 887. The first-order valence-electron chi connectivity index (χ1n) is 7.93. The third-order valence-electron chi connectivity index (χ3n) is 4.17. The Balaban J connectivity index is 2.46. The molecule has 5 nitrogen and oxygen atoms in total. The number of hydrogen-bond acceptors (Lipinski definition) is 4. The van der Waals surface area contributed by atoms with Crippen LogP contribution in [0.4, 0.5) is 13.2 Å². The molecule has 0 saturated heterocycles. The molecule has 2 aromatic carbocycles. The number of hydrogen-bond donors (Lipinski definition) is 2. The van der Waals surface area contributed by atoms with Gasteiger partial charge in [0.25, 0.3) is 5.91 Å². The van der Waals surface area contributed by atoms with Crippen LogP contribution in [0.15, 0.2) is 60.7 Å². The van der Waals surface area contributed by atoms with E-state index < -0.39 is 38.6 Å². The highest BCUT2D eigenvalue weighted by Crippen LogP contribution is 2.35. The van der Waals surface area contributed by atoms with E-state index in [1.165, 1.54) is 42.5 Å². The monoisotopic (exact) mass is 400 g/mol. The van der Waals surface area contributed by atoms with Crippen LogP contribution in [-0.4, -0.2) is 25.4 Å². The van der Waals surface area contributed by atoms with Crippen LogP contribution in [0.1, 0.15) is 24.1 Å². The van der Waals surface area contributed by atoms with Gasteiger partial charge in [-0.2, -0.15) is 13.2 Å². The molecule has 1 amide bonds. The number of carbonyl (C=O) groups excluding carboxylic acids is 1. The van der Waals surface area contributed by atoms with Crippen molar-refractivity contribution >= 4 is 15.7 Å². The molecule has 0 aliphatic heterocycles. The van der Waals surface area contributed by atoms with Crippen molar-refractivity contribution in [3.05, 3.63) is 71.8 Å². The highest BCUT2D eigenvalue weighted by molar-refractivity contribution is 7.92. The second-order valence-corrected chi connectivity index (χ2v) is 8.51. The molecule has 0 aliphatic rings. The molecule has 0 saturated carbocycles. The van der Waals surface area contributed by atoms with Gasteiger partial charge in [0.2, 0.25) is 0 Å². The first-order valence-corrected chi connectivity index (χ1v) is 9.58. The van der Waals surface area contributed by atoms with Crippen molar-refractivity contribution in [2.45, 2.75) is 29.8 Å². The highest BCUT2D eigenvalue weighted by Gasteiger charge is 2.52. The summed E-state index contributed by atoms with van der Waals surface area (Å²) in [6, 6.07) is 12.1. The first-order chi connectivity index (χ1) is 12.5. The van der Waals surface area contributed by atoms with E-state index in [0.29, 0.717) is 5.56 Å². The molecule has 0 heterocycles. The standard InChI is InChI=1S/C18H19F3N2O3S/c1-17(16(22)24,27(25,26)12-13-8-4-2-5-9-13)23-15(18(19,20)21)14-10-6-3-7-11-14/h2-11,15,23H,12H2,1H3,(H2,22,24)/t15-,17+/m0/s1. The minimum atomic E-state index is -4.85. The van der Waals surface area contributed by atoms with Gasteiger partial charge in [-0.15, -0.1) is 0 Å². The predicted octanol–water partition coefficient (Wildman–Crippen LogP) is 2.70. The van der Waals surface area contributed by atoms with E-state index >= 15 is 0 Å². The summed E-state index contributed by atoms with van der Waals surface area (Å²) in [6.07, 6.45) is -4.85. The van der Waals surface area contributed by atoms with Gasteiger partial charge >= 0.3 is 6.18 Å². The number of carbonyl (C=O) groups is 1. The van der Waals surface area contributed by atoms with Crippen LogP contribution in [-0.2, 0) is 20.4 Å². The third-order valence-corrected chi connectivity index (χ3v) is 6.45. The first kappa shape index (κ1) is 20.9. The zero-order valence-corrected chi connectivity index (χ0v) is 15.2. The van der Waals surface area contributed by atoms with E-state index in [-0.39, 0.29) is 5.56 Å². The van der Waals surface area contributed by atoms with Crippen molar-refractivity contribution in [2.24, 2.45) is 5.73 Å². The van der Waals surface area contributed by atoms with Crippen molar-refractivity contribution in [3.8, 4) is 0 Å². The lowest BCUT2D eigenvalue weighted by molar-refractivity contribution is -0.161. The molecule has 27 heavy (non-hydrogen) atoms. The fourth-order valence-corrected chi connectivity index (χ4v) is 4.05. The van der Waals surface area contributed by atoms with E-state index in [9.17, 15) is 26.4 Å². The van der Waals surface area contributed by atoms with Gasteiger partial charge in [-0.25, -0.2) is 8.42 Å². The van der Waals surface area contributed by atoms with E-state index in [1.54, 1.807) is 18.2 Å². The summed E-state index contributed by atoms with van der Waals surface area (Å²) in [5.41, 5.74) is 5.33. The highest BCUT2D eigenvalue weighted by atomic mass is 32.2. The largest absolute Gasteiger partial charge is 0.407 e. The minimum Gasteiger partial charge on any atom is -0.367 e. The Kier molecular flexibility index (Phi) is 5.96. The molecule has 2 atom stereocenters. The molecular weight excluding hydrogens is 381 g/mol. The van der Waals surface area contributed by atoms with Gasteiger partial charge < -0.3 is 5.73 Å². The number of sulfone groups is 1. The van der Waals surface area contributed by atoms with Crippen LogP contribution >= 0.6 is 0 Å². The van der Waals surface area contributed by atoms with Crippen molar-refractivity contribution in [1.82, 2.24) is 5.32 Å². The third kappa shape index (κ3) is 4.67. The quantitative estimate of drug-likeness (QED) is 0.748. The number of amides is 1. The summed E-state index contributed by atoms with van der Waals surface area (Å²) in [4.78, 5) is 9.34. The normalized spacial score (nSPS) is 15.7. The average Bonchev–Trinajstić information content (AvgIpc) is 2.59. The smallest absolute Gasteiger partial charge is 0.367 e. The van der Waals surface area contributed by atoms with Gasteiger partial charge in [0.15, 0.2) is 14.7 Å². The number of halogens is 3. The molecule has 2 aromatic rings. The fourth-order valence-electron chi connectivity index (χ4n) is 2.53. The number of nitrogens with two attached hydrogens (primary N) is 1. The van der Waals surface area contributed by atoms with E-state index in [4.69, 9.17) is 5.73 Å². The molecular formula is C18H19F3N2O3S. The van der Waals surface area contributed by atoms with Crippen LogP contribution < -0.4 is 11.1 Å². The van der Waals surface area contributed by atoms with Gasteiger partial charge in [-0.3, -0.25) is 10.1 Å². The number of rotatable bonds is 7. The Morgan fingerprint density at radius 3 is 1.96 bits per heavy atom. The van der Waals surface area contributed by atoms with E-state index in [1.807, 2.05) is 5.32 Å². The van der Waals surface area contributed by atoms with Crippen molar-refractivity contribution in [1.29, 1.82) is 0 Å². The zero-order chi connectivity index (χ0) is 20.3. The van der Waals surface area contributed by atoms with Gasteiger partial charge in [-0.05, 0) is 18.1 Å². The van der Waals surface area contributed by atoms with Gasteiger partial charge in [-0.1, -0.05) is 60.7 Å². The van der Waals surface area contributed by atoms with Crippen molar-refractivity contribution in [2.75, 3.05) is 0 Å². The Labute approximate surface area is 155 Å². The van der Waals surface area contributed by atoms with Gasteiger partial charge in [0.1, 0.15) is 6.04 Å². The number of benzene rings is 2. The summed E-state index contributed by atoms with van der Waals surface area (Å²) < 4.78 is 66.5. The molecule has 0 bridgehead atoms. The zero-order valence-electron chi connectivity index (χ0n) is 14.4. The molecule has 0 aromatic heterocycles. The van der Waals surface area contributed by atoms with Crippen LogP contribution in [0, 0.1) is 0 Å².